The zero-order valence-corrected chi connectivity index (χ0v) is 14.3. The fourth-order valence-electron chi connectivity index (χ4n) is 2.33. The molecular formula is C19H16F5NO2. The van der Waals surface area contributed by atoms with Crippen molar-refractivity contribution in [2.45, 2.75) is 25.8 Å². The molecule has 0 heterocycles. The molecule has 1 N–H and O–H groups in total. The van der Waals surface area contributed by atoms with Crippen LogP contribution in [0.1, 0.15) is 41.7 Å². The number of carbonyl (C=O) groups excluding carboxylic acids is 1. The summed E-state index contributed by atoms with van der Waals surface area (Å²) in [5.74, 6) is -13.0. The highest BCUT2D eigenvalue weighted by atomic mass is 19.2. The van der Waals surface area contributed by atoms with Crippen LogP contribution in [0.3, 0.4) is 0 Å². The first kappa shape index (κ1) is 20.6. The van der Waals surface area contributed by atoms with Crippen LogP contribution in [0, 0.1) is 29.1 Å². The average Bonchev–Trinajstić information content (AvgIpc) is 2.65. The SMILES string of the molecule is C=C(C)CCC(NOC(=O)c1c(F)c(F)c(F)c(F)c1F)c1ccccc1. The number of halogens is 5. The quantitative estimate of drug-likeness (QED) is 0.236. The lowest BCUT2D eigenvalue weighted by molar-refractivity contribution is 0.0129. The lowest BCUT2D eigenvalue weighted by atomic mass is 10.0. The predicted molar refractivity (Wildman–Crippen MR) is 88.0 cm³/mol. The van der Waals surface area contributed by atoms with Crippen LogP contribution in [-0.4, -0.2) is 5.97 Å². The highest BCUT2D eigenvalue weighted by Gasteiger charge is 2.31. The molecule has 144 valence electrons. The molecule has 1 unspecified atom stereocenters. The summed E-state index contributed by atoms with van der Waals surface area (Å²) in [7, 11) is 0. The molecule has 0 fully saturated rings. The molecule has 2 aromatic carbocycles. The first-order chi connectivity index (χ1) is 12.7. The van der Waals surface area contributed by atoms with Crippen molar-refractivity contribution >= 4 is 5.97 Å². The van der Waals surface area contributed by atoms with Gasteiger partial charge in [-0.15, -0.1) is 12.1 Å². The number of hydrogen-bond acceptors (Lipinski definition) is 3. The van der Waals surface area contributed by atoms with Gasteiger partial charge in [0.15, 0.2) is 23.3 Å². The van der Waals surface area contributed by atoms with Gasteiger partial charge in [0.25, 0.3) is 0 Å². The Labute approximate surface area is 152 Å². The summed E-state index contributed by atoms with van der Waals surface area (Å²) in [4.78, 5) is 16.6. The first-order valence-electron chi connectivity index (χ1n) is 7.91. The highest BCUT2D eigenvalue weighted by Crippen LogP contribution is 2.25. The summed E-state index contributed by atoms with van der Waals surface area (Å²) < 4.78 is 66.9. The zero-order valence-electron chi connectivity index (χ0n) is 14.3. The minimum atomic E-state index is -2.35. The molecule has 0 saturated heterocycles. The van der Waals surface area contributed by atoms with Gasteiger partial charge >= 0.3 is 5.97 Å². The minimum Gasteiger partial charge on any atom is -0.366 e. The van der Waals surface area contributed by atoms with Gasteiger partial charge in [0.05, 0.1) is 6.04 Å². The maximum Gasteiger partial charge on any atom is 0.363 e. The van der Waals surface area contributed by atoms with Crippen LogP contribution in [0.2, 0.25) is 0 Å². The zero-order chi connectivity index (χ0) is 20.1. The molecule has 2 aromatic rings. The number of rotatable bonds is 7. The third-order valence-corrected chi connectivity index (χ3v) is 3.77. The Morgan fingerprint density at radius 2 is 1.52 bits per heavy atom. The van der Waals surface area contributed by atoms with Crippen LogP contribution in [0.5, 0.6) is 0 Å². The van der Waals surface area contributed by atoms with E-state index in [0.717, 1.165) is 5.57 Å². The summed E-state index contributed by atoms with van der Waals surface area (Å²) in [5.41, 5.74) is 2.22. The topological polar surface area (TPSA) is 38.3 Å². The molecule has 0 aliphatic heterocycles. The summed E-state index contributed by atoms with van der Waals surface area (Å²) in [5, 5.41) is 0. The Morgan fingerprint density at radius 1 is 1.00 bits per heavy atom. The Morgan fingerprint density at radius 3 is 2.04 bits per heavy atom. The van der Waals surface area contributed by atoms with Crippen molar-refractivity contribution in [3.63, 3.8) is 0 Å². The number of nitrogens with one attached hydrogen (secondary N) is 1. The predicted octanol–water partition coefficient (Wildman–Crippen LogP) is 5.14. The lowest BCUT2D eigenvalue weighted by Gasteiger charge is -2.19. The highest BCUT2D eigenvalue weighted by molar-refractivity contribution is 5.90. The van der Waals surface area contributed by atoms with Crippen molar-refractivity contribution < 1.29 is 31.6 Å². The van der Waals surface area contributed by atoms with E-state index in [-0.39, 0.29) is 0 Å². The van der Waals surface area contributed by atoms with E-state index in [1.807, 2.05) is 0 Å². The number of benzene rings is 2. The van der Waals surface area contributed by atoms with Crippen molar-refractivity contribution in [3.05, 3.63) is 82.7 Å². The fourth-order valence-corrected chi connectivity index (χ4v) is 2.33. The second-order valence-electron chi connectivity index (χ2n) is 5.91. The number of allylic oxidation sites excluding steroid dienone is 1. The van der Waals surface area contributed by atoms with Crippen LogP contribution >= 0.6 is 0 Å². The standard InChI is InChI=1S/C19H16F5NO2/c1-10(2)8-9-12(11-6-4-3-5-7-11)25-27-19(26)13-14(20)16(22)18(24)17(23)15(13)21/h3-7,12,25H,1,8-9H2,2H3. The van der Waals surface area contributed by atoms with Gasteiger partial charge in [-0.1, -0.05) is 35.9 Å². The molecule has 0 aliphatic carbocycles. The minimum absolute atomic E-state index is 0.420. The van der Waals surface area contributed by atoms with Crippen LogP contribution < -0.4 is 5.48 Å². The van der Waals surface area contributed by atoms with E-state index in [2.05, 4.69) is 16.9 Å². The van der Waals surface area contributed by atoms with Crippen LogP contribution in [-0.2, 0) is 4.84 Å². The van der Waals surface area contributed by atoms with Gasteiger partial charge in [0.2, 0.25) is 5.82 Å². The third kappa shape index (κ3) is 4.71. The molecule has 0 spiro atoms. The van der Waals surface area contributed by atoms with Crippen molar-refractivity contribution in [2.75, 3.05) is 0 Å². The van der Waals surface area contributed by atoms with Crippen molar-refractivity contribution in [1.82, 2.24) is 5.48 Å². The summed E-state index contributed by atoms with van der Waals surface area (Å²) in [6.07, 6.45) is 0.969. The van der Waals surface area contributed by atoms with E-state index in [4.69, 9.17) is 0 Å². The van der Waals surface area contributed by atoms with E-state index in [1.165, 1.54) is 0 Å². The van der Waals surface area contributed by atoms with Gasteiger partial charge < -0.3 is 4.84 Å². The van der Waals surface area contributed by atoms with E-state index >= 15 is 0 Å². The number of hydroxylamine groups is 1. The molecular weight excluding hydrogens is 369 g/mol. The summed E-state index contributed by atoms with van der Waals surface area (Å²) in [6, 6.07) is 8.10. The molecule has 0 saturated carbocycles. The summed E-state index contributed by atoms with van der Waals surface area (Å²) >= 11 is 0. The van der Waals surface area contributed by atoms with Gasteiger partial charge in [-0.05, 0) is 25.3 Å². The van der Waals surface area contributed by atoms with E-state index in [0.29, 0.717) is 18.4 Å². The molecule has 2 rings (SSSR count). The normalized spacial score (nSPS) is 11.9. The van der Waals surface area contributed by atoms with Crippen LogP contribution in [0.4, 0.5) is 22.0 Å². The van der Waals surface area contributed by atoms with Crippen molar-refractivity contribution in [3.8, 4) is 0 Å². The molecule has 27 heavy (non-hydrogen) atoms. The van der Waals surface area contributed by atoms with Crippen molar-refractivity contribution in [1.29, 1.82) is 0 Å². The first-order valence-corrected chi connectivity index (χ1v) is 7.91. The van der Waals surface area contributed by atoms with E-state index in [9.17, 15) is 26.7 Å². The fraction of sp³-hybridized carbons (Fsp3) is 0.211. The van der Waals surface area contributed by atoms with Crippen LogP contribution in [0.15, 0.2) is 42.5 Å². The van der Waals surface area contributed by atoms with Crippen molar-refractivity contribution in [2.24, 2.45) is 0 Å². The molecule has 0 amide bonds. The molecule has 0 aliphatic rings. The van der Waals surface area contributed by atoms with Gasteiger partial charge in [0, 0.05) is 0 Å². The third-order valence-electron chi connectivity index (χ3n) is 3.77. The van der Waals surface area contributed by atoms with Gasteiger partial charge in [0.1, 0.15) is 5.56 Å². The largest absolute Gasteiger partial charge is 0.366 e. The maximum absolute atomic E-state index is 13.7. The average molecular weight is 385 g/mol. The molecule has 1 atom stereocenters. The Bertz CT molecular complexity index is 826. The molecule has 0 radical (unpaired) electrons. The van der Waals surface area contributed by atoms with Crippen LogP contribution in [0.25, 0.3) is 0 Å². The molecule has 3 nitrogen and oxygen atoms in total. The second kappa shape index (κ2) is 8.77. The molecule has 0 bridgehead atoms. The Hall–Kier alpha value is -2.74. The monoisotopic (exact) mass is 385 g/mol. The molecule has 8 heteroatoms. The van der Waals surface area contributed by atoms with E-state index in [1.54, 1.807) is 37.3 Å². The molecule has 0 aromatic heterocycles. The number of carbonyl (C=O) groups is 1. The van der Waals surface area contributed by atoms with E-state index < -0.39 is 46.7 Å². The smallest absolute Gasteiger partial charge is 0.363 e. The maximum atomic E-state index is 13.7. The van der Waals surface area contributed by atoms with Gasteiger partial charge in [-0.3, -0.25) is 0 Å². The summed E-state index contributed by atoms with van der Waals surface area (Å²) in [6.45, 7) is 5.56. The number of hydrogen-bond donors (Lipinski definition) is 1. The lowest BCUT2D eigenvalue weighted by Crippen LogP contribution is -2.27. The second-order valence-corrected chi connectivity index (χ2v) is 5.91. The Kier molecular flexibility index (Phi) is 6.68. The van der Waals surface area contributed by atoms with Gasteiger partial charge in [-0.25, -0.2) is 26.7 Å². The Balaban J connectivity index is 2.22. The van der Waals surface area contributed by atoms with Gasteiger partial charge in [-0.2, -0.15) is 0 Å².